The van der Waals surface area contributed by atoms with Crippen molar-refractivity contribution in [3.8, 4) is 0 Å². The van der Waals surface area contributed by atoms with Gasteiger partial charge in [0.2, 0.25) is 5.91 Å². The third-order valence-electron chi connectivity index (χ3n) is 3.04. The normalized spacial score (nSPS) is 14.4. The molecule has 0 atom stereocenters. The van der Waals surface area contributed by atoms with Crippen LogP contribution in [0.4, 0.5) is 11.5 Å². The van der Waals surface area contributed by atoms with Crippen molar-refractivity contribution in [1.82, 2.24) is 9.88 Å². The molecule has 102 valence electrons. The number of carbonyl (C=O) groups excluding carboxylic acids is 2. The van der Waals surface area contributed by atoms with Gasteiger partial charge in [0.05, 0.1) is 12.2 Å². The fraction of sp³-hybridized carbons (Fsp3) is 0.417. The van der Waals surface area contributed by atoms with Crippen molar-refractivity contribution in [2.24, 2.45) is 5.73 Å². The molecule has 7 nitrogen and oxygen atoms in total. The summed E-state index contributed by atoms with van der Waals surface area (Å²) in [5, 5.41) is 2.85. The number of likely N-dealkylation sites (tertiary alicyclic amines) is 1. The van der Waals surface area contributed by atoms with Gasteiger partial charge >= 0.3 is 0 Å². The summed E-state index contributed by atoms with van der Waals surface area (Å²) >= 11 is 0. The summed E-state index contributed by atoms with van der Waals surface area (Å²) in [7, 11) is 0. The number of nitrogens with one attached hydrogen (secondary N) is 1. The first-order chi connectivity index (χ1) is 9.08. The van der Waals surface area contributed by atoms with Gasteiger partial charge in [0.15, 0.2) is 5.82 Å². The van der Waals surface area contributed by atoms with Crippen molar-refractivity contribution in [3.05, 3.63) is 17.8 Å². The Hall–Kier alpha value is -2.31. The average molecular weight is 263 g/mol. The molecular formula is C12H17N5O2. The molecule has 2 rings (SSSR count). The summed E-state index contributed by atoms with van der Waals surface area (Å²) in [6.07, 6.45) is 2.09. The Labute approximate surface area is 111 Å². The summed E-state index contributed by atoms with van der Waals surface area (Å²) in [5.74, 6) is -0.319. The summed E-state index contributed by atoms with van der Waals surface area (Å²) in [4.78, 5) is 28.7. The third kappa shape index (κ3) is 3.12. The molecule has 7 heteroatoms. The second-order valence-corrected chi connectivity index (χ2v) is 4.44. The predicted molar refractivity (Wildman–Crippen MR) is 71.5 cm³/mol. The Bertz CT molecular complexity index is 497. The lowest BCUT2D eigenvalue weighted by Gasteiger charge is -2.16. The van der Waals surface area contributed by atoms with Crippen molar-refractivity contribution in [1.29, 1.82) is 0 Å². The molecule has 0 saturated carbocycles. The van der Waals surface area contributed by atoms with Gasteiger partial charge in [-0.3, -0.25) is 9.59 Å². The Morgan fingerprint density at radius 2 is 2.00 bits per heavy atom. The molecule has 1 fully saturated rings. The minimum atomic E-state index is -0.631. The standard InChI is InChI=1S/C12H17N5O2/c13-8-3-4-9(11(14)19)16-12(8)15-7-10(18)17-5-1-2-6-17/h3-4H,1-2,5-7,13H2,(H2,14,19)(H,15,16). The van der Waals surface area contributed by atoms with Gasteiger partial charge in [-0.05, 0) is 25.0 Å². The van der Waals surface area contributed by atoms with E-state index in [1.807, 2.05) is 0 Å². The van der Waals surface area contributed by atoms with Crippen LogP contribution in [0.15, 0.2) is 12.1 Å². The third-order valence-corrected chi connectivity index (χ3v) is 3.04. The molecule has 0 bridgehead atoms. The van der Waals surface area contributed by atoms with Crippen LogP contribution in [0.3, 0.4) is 0 Å². The maximum absolute atomic E-state index is 11.9. The van der Waals surface area contributed by atoms with Crippen molar-refractivity contribution in [3.63, 3.8) is 0 Å². The largest absolute Gasteiger partial charge is 0.396 e. The second kappa shape index (κ2) is 5.55. The molecule has 19 heavy (non-hydrogen) atoms. The van der Waals surface area contributed by atoms with Crippen molar-refractivity contribution in [2.45, 2.75) is 12.8 Å². The quantitative estimate of drug-likeness (QED) is 0.695. The fourth-order valence-corrected chi connectivity index (χ4v) is 1.99. The number of carbonyl (C=O) groups is 2. The number of rotatable bonds is 4. The number of amides is 2. The highest BCUT2D eigenvalue weighted by molar-refractivity contribution is 5.92. The van der Waals surface area contributed by atoms with E-state index in [0.717, 1.165) is 25.9 Å². The van der Waals surface area contributed by atoms with Crippen LogP contribution in [0.5, 0.6) is 0 Å². The molecule has 0 unspecified atom stereocenters. The molecule has 2 amide bonds. The Kier molecular flexibility index (Phi) is 3.84. The minimum Gasteiger partial charge on any atom is -0.396 e. The molecule has 1 aliphatic heterocycles. The molecule has 5 N–H and O–H groups in total. The molecule has 0 radical (unpaired) electrons. The number of nitrogen functional groups attached to an aromatic ring is 1. The van der Waals surface area contributed by atoms with E-state index in [0.29, 0.717) is 11.5 Å². The summed E-state index contributed by atoms with van der Waals surface area (Å²) in [6, 6.07) is 2.99. The van der Waals surface area contributed by atoms with Crippen LogP contribution in [0.1, 0.15) is 23.3 Å². The van der Waals surface area contributed by atoms with E-state index in [1.165, 1.54) is 12.1 Å². The molecule has 0 spiro atoms. The molecule has 0 aromatic carbocycles. The Morgan fingerprint density at radius 3 is 2.63 bits per heavy atom. The van der Waals surface area contributed by atoms with Crippen LogP contribution in [-0.4, -0.2) is 41.3 Å². The van der Waals surface area contributed by atoms with Gasteiger partial charge in [-0.25, -0.2) is 4.98 Å². The van der Waals surface area contributed by atoms with E-state index < -0.39 is 5.91 Å². The number of aromatic nitrogens is 1. The van der Waals surface area contributed by atoms with Gasteiger partial charge in [-0.2, -0.15) is 0 Å². The van der Waals surface area contributed by atoms with Crippen LogP contribution in [0.25, 0.3) is 0 Å². The lowest BCUT2D eigenvalue weighted by atomic mass is 10.3. The van der Waals surface area contributed by atoms with E-state index in [4.69, 9.17) is 11.5 Å². The van der Waals surface area contributed by atoms with Crippen molar-refractivity contribution >= 4 is 23.3 Å². The maximum atomic E-state index is 11.9. The van der Waals surface area contributed by atoms with E-state index in [-0.39, 0.29) is 18.1 Å². The zero-order chi connectivity index (χ0) is 13.8. The zero-order valence-electron chi connectivity index (χ0n) is 10.6. The van der Waals surface area contributed by atoms with Gasteiger partial charge in [-0.15, -0.1) is 0 Å². The minimum absolute atomic E-state index is 0.00294. The second-order valence-electron chi connectivity index (χ2n) is 4.44. The van der Waals surface area contributed by atoms with Gasteiger partial charge in [0.25, 0.3) is 5.91 Å². The van der Waals surface area contributed by atoms with Crippen LogP contribution < -0.4 is 16.8 Å². The Morgan fingerprint density at radius 1 is 1.32 bits per heavy atom. The first-order valence-electron chi connectivity index (χ1n) is 6.16. The Balaban J connectivity index is 2.00. The first kappa shape index (κ1) is 13.1. The summed E-state index contributed by atoms with van der Waals surface area (Å²) in [5.41, 5.74) is 11.4. The van der Waals surface area contributed by atoms with E-state index in [1.54, 1.807) is 4.90 Å². The topological polar surface area (TPSA) is 114 Å². The maximum Gasteiger partial charge on any atom is 0.267 e. The number of nitrogens with zero attached hydrogens (tertiary/aromatic N) is 2. The molecule has 1 aliphatic rings. The van der Waals surface area contributed by atoms with Crippen LogP contribution in [0, 0.1) is 0 Å². The molecular weight excluding hydrogens is 246 g/mol. The van der Waals surface area contributed by atoms with Gasteiger partial charge in [0.1, 0.15) is 5.69 Å². The highest BCUT2D eigenvalue weighted by Crippen LogP contribution is 2.15. The van der Waals surface area contributed by atoms with Crippen LogP contribution in [0.2, 0.25) is 0 Å². The van der Waals surface area contributed by atoms with Crippen LogP contribution >= 0.6 is 0 Å². The summed E-state index contributed by atoms with van der Waals surface area (Å²) < 4.78 is 0. The number of hydrogen-bond donors (Lipinski definition) is 3. The first-order valence-corrected chi connectivity index (χ1v) is 6.16. The predicted octanol–water partition coefficient (Wildman–Crippen LogP) is -0.203. The smallest absolute Gasteiger partial charge is 0.267 e. The molecule has 1 aromatic rings. The average Bonchev–Trinajstić information content (AvgIpc) is 2.91. The molecule has 1 aromatic heterocycles. The lowest BCUT2D eigenvalue weighted by Crippen LogP contribution is -2.33. The fourth-order valence-electron chi connectivity index (χ4n) is 1.99. The van der Waals surface area contributed by atoms with Gasteiger partial charge < -0.3 is 21.7 Å². The summed E-state index contributed by atoms with van der Waals surface area (Å²) in [6.45, 7) is 1.70. The number of pyridine rings is 1. The van der Waals surface area contributed by atoms with Gasteiger partial charge in [0, 0.05) is 13.1 Å². The monoisotopic (exact) mass is 263 g/mol. The van der Waals surface area contributed by atoms with Crippen LogP contribution in [-0.2, 0) is 4.79 Å². The lowest BCUT2D eigenvalue weighted by molar-refractivity contribution is -0.128. The number of anilines is 2. The highest BCUT2D eigenvalue weighted by Gasteiger charge is 2.18. The molecule has 2 heterocycles. The van der Waals surface area contributed by atoms with E-state index in [2.05, 4.69) is 10.3 Å². The van der Waals surface area contributed by atoms with E-state index in [9.17, 15) is 9.59 Å². The zero-order valence-corrected chi connectivity index (χ0v) is 10.6. The van der Waals surface area contributed by atoms with Crippen molar-refractivity contribution in [2.75, 3.05) is 30.7 Å². The van der Waals surface area contributed by atoms with Gasteiger partial charge in [-0.1, -0.05) is 0 Å². The number of primary amides is 1. The number of nitrogens with two attached hydrogens (primary N) is 2. The van der Waals surface area contributed by atoms with E-state index >= 15 is 0 Å². The SMILES string of the molecule is NC(=O)c1ccc(N)c(NCC(=O)N2CCCC2)n1. The van der Waals surface area contributed by atoms with Crippen molar-refractivity contribution < 1.29 is 9.59 Å². The molecule has 0 aliphatic carbocycles. The molecule has 1 saturated heterocycles. The highest BCUT2D eigenvalue weighted by atomic mass is 16.2. The number of hydrogen-bond acceptors (Lipinski definition) is 5.